The Hall–Kier alpha value is -2.15. The third kappa shape index (κ3) is 3.42. The minimum absolute atomic E-state index is 0.0172. The van der Waals surface area contributed by atoms with Crippen LogP contribution in [-0.4, -0.2) is 32.6 Å². The Balaban J connectivity index is 1.79. The van der Waals surface area contributed by atoms with Crippen molar-refractivity contribution >= 4 is 5.91 Å². The fourth-order valence-electron chi connectivity index (χ4n) is 1.45. The van der Waals surface area contributed by atoms with Gasteiger partial charge in [-0.15, -0.1) is 5.10 Å². The summed E-state index contributed by atoms with van der Waals surface area (Å²) in [5, 5.41) is 19.1. The molecule has 0 atom stereocenters. The molecule has 2 rings (SSSR count). The Morgan fingerprint density at radius 3 is 3.17 bits per heavy atom. The molecule has 7 heteroatoms. The summed E-state index contributed by atoms with van der Waals surface area (Å²) in [5.41, 5.74) is 0.663. The van der Waals surface area contributed by atoms with E-state index in [0.717, 1.165) is 0 Å². The third-order valence-corrected chi connectivity index (χ3v) is 2.30. The number of hydrogen-bond acceptors (Lipinski definition) is 5. The van der Waals surface area contributed by atoms with Gasteiger partial charge in [-0.05, 0) is 12.1 Å². The van der Waals surface area contributed by atoms with Gasteiger partial charge in [-0.2, -0.15) is 0 Å². The van der Waals surface area contributed by atoms with Crippen LogP contribution in [0, 0.1) is 0 Å². The third-order valence-electron chi connectivity index (χ3n) is 2.30. The molecule has 0 saturated heterocycles. The summed E-state index contributed by atoms with van der Waals surface area (Å²) in [5.74, 6) is 0.523. The van der Waals surface area contributed by atoms with Crippen LogP contribution in [0.1, 0.15) is 11.5 Å². The van der Waals surface area contributed by atoms with Crippen molar-refractivity contribution in [3.8, 4) is 0 Å². The standard InChI is InChI=1S/C11H14N4O3/c16-4-3-9-7-15(14-13-9)8-11(17)12-6-10-2-1-5-18-10/h1-2,5,7,16H,3-4,6,8H2,(H,12,17). The molecule has 0 saturated carbocycles. The summed E-state index contributed by atoms with van der Waals surface area (Å²) < 4.78 is 6.53. The Bertz CT molecular complexity index is 492. The fourth-order valence-corrected chi connectivity index (χ4v) is 1.45. The van der Waals surface area contributed by atoms with Gasteiger partial charge in [0.25, 0.3) is 0 Å². The van der Waals surface area contributed by atoms with E-state index in [4.69, 9.17) is 9.52 Å². The number of aromatic nitrogens is 3. The Morgan fingerprint density at radius 2 is 2.44 bits per heavy atom. The van der Waals surface area contributed by atoms with Gasteiger partial charge < -0.3 is 14.8 Å². The van der Waals surface area contributed by atoms with Crippen molar-refractivity contribution in [3.05, 3.63) is 36.0 Å². The summed E-state index contributed by atoms with van der Waals surface area (Å²) in [6.07, 6.45) is 3.64. The normalized spacial score (nSPS) is 10.5. The van der Waals surface area contributed by atoms with E-state index < -0.39 is 0 Å². The predicted molar refractivity (Wildman–Crippen MR) is 61.4 cm³/mol. The van der Waals surface area contributed by atoms with Crippen molar-refractivity contribution < 1.29 is 14.3 Å². The van der Waals surface area contributed by atoms with E-state index in [-0.39, 0.29) is 19.1 Å². The molecule has 2 aromatic rings. The van der Waals surface area contributed by atoms with Gasteiger partial charge in [-0.1, -0.05) is 5.21 Å². The lowest BCUT2D eigenvalue weighted by Gasteiger charge is -2.02. The molecule has 0 aromatic carbocycles. The number of nitrogens with one attached hydrogen (secondary N) is 1. The van der Waals surface area contributed by atoms with Crippen LogP contribution in [0.15, 0.2) is 29.0 Å². The highest BCUT2D eigenvalue weighted by Crippen LogP contribution is 1.99. The Morgan fingerprint density at radius 1 is 1.56 bits per heavy atom. The van der Waals surface area contributed by atoms with E-state index >= 15 is 0 Å². The predicted octanol–water partition coefficient (Wildman–Crippen LogP) is -0.278. The lowest BCUT2D eigenvalue weighted by molar-refractivity contribution is -0.122. The first-order valence-corrected chi connectivity index (χ1v) is 5.57. The molecule has 0 aliphatic carbocycles. The van der Waals surface area contributed by atoms with Crippen LogP contribution in [0.3, 0.4) is 0 Å². The number of nitrogens with zero attached hydrogens (tertiary/aromatic N) is 3. The van der Waals surface area contributed by atoms with E-state index in [1.165, 1.54) is 4.68 Å². The van der Waals surface area contributed by atoms with Crippen molar-refractivity contribution in [2.45, 2.75) is 19.5 Å². The lowest BCUT2D eigenvalue weighted by Crippen LogP contribution is -2.27. The van der Waals surface area contributed by atoms with Gasteiger partial charge in [0.15, 0.2) is 0 Å². The smallest absolute Gasteiger partial charge is 0.242 e. The maximum Gasteiger partial charge on any atom is 0.242 e. The van der Waals surface area contributed by atoms with Crippen molar-refractivity contribution in [1.29, 1.82) is 0 Å². The van der Waals surface area contributed by atoms with Crippen LogP contribution in [0.5, 0.6) is 0 Å². The lowest BCUT2D eigenvalue weighted by atomic mass is 10.3. The van der Waals surface area contributed by atoms with Gasteiger partial charge in [0, 0.05) is 19.2 Å². The number of hydrogen-bond donors (Lipinski definition) is 2. The molecule has 2 aromatic heterocycles. The van der Waals surface area contributed by atoms with Gasteiger partial charge in [0.1, 0.15) is 12.3 Å². The molecule has 0 aliphatic rings. The van der Waals surface area contributed by atoms with Gasteiger partial charge in [0.2, 0.25) is 5.91 Å². The first-order valence-electron chi connectivity index (χ1n) is 5.57. The summed E-state index contributed by atoms with van der Waals surface area (Å²) in [7, 11) is 0. The molecular weight excluding hydrogens is 236 g/mol. The average molecular weight is 250 g/mol. The first kappa shape index (κ1) is 12.3. The van der Waals surface area contributed by atoms with Crippen LogP contribution < -0.4 is 5.32 Å². The summed E-state index contributed by atoms with van der Waals surface area (Å²) in [6.45, 7) is 0.465. The van der Waals surface area contributed by atoms with Crippen LogP contribution >= 0.6 is 0 Å². The monoisotopic (exact) mass is 250 g/mol. The van der Waals surface area contributed by atoms with E-state index in [0.29, 0.717) is 24.4 Å². The van der Waals surface area contributed by atoms with Crippen molar-refractivity contribution in [3.63, 3.8) is 0 Å². The van der Waals surface area contributed by atoms with Crippen molar-refractivity contribution in [2.24, 2.45) is 0 Å². The summed E-state index contributed by atoms with van der Waals surface area (Å²) in [6, 6.07) is 3.55. The number of carbonyl (C=O) groups excluding carboxylic acids is 1. The van der Waals surface area contributed by atoms with E-state index in [2.05, 4.69) is 15.6 Å². The molecular formula is C11H14N4O3. The summed E-state index contributed by atoms with van der Waals surface area (Å²) >= 11 is 0. The quantitative estimate of drug-likeness (QED) is 0.735. The number of carbonyl (C=O) groups is 1. The number of amides is 1. The molecule has 1 amide bonds. The number of rotatable bonds is 6. The molecule has 0 spiro atoms. The zero-order chi connectivity index (χ0) is 12.8. The summed E-state index contributed by atoms with van der Waals surface area (Å²) in [4.78, 5) is 11.6. The van der Waals surface area contributed by atoms with E-state index in [9.17, 15) is 4.79 Å². The molecule has 7 nitrogen and oxygen atoms in total. The molecule has 96 valence electrons. The first-order chi connectivity index (χ1) is 8.78. The molecule has 2 N–H and O–H groups in total. The Labute approximate surface area is 103 Å². The molecule has 2 heterocycles. The van der Waals surface area contributed by atoms with Gasteiger partial charge >= 0.3 is 0 Å². The highest BCUT2D eigenvalue weighted by molar-refractivity contribution is 5.75. The highest BCUT2D eigenvalue weighted by atomic mass is 16.3. The Kier molecular flexibility index (Phi) is 4.08. The second-order valence-electron chi connectivity index (χ2n) is 3.74. The van der Waals surface area contributed by atoms with Gasteiger partial charge in [0.05, 0.1) is 18.5 Å². The molecule has 0 fully saturated rings. The van der Waals surface area contributed by atoms with Crippen molar-refractivity contribution in [1.82, 2.24) is 20.3 Å². The largest absolute Gasteiger partial charge is 0.467 e. The second-order valence-corrected chi connectivity index (χ2v) is 3.74. The zero-order valence-electron chi connectivity index (χ0n) is 9.74. The van der Waals surface area contributed by atoms with Crippen LogP contribution in [-0.2, 0) is 24.3 Å². The van der Waals surface area contributed by atoms with Crippen LogP contribution in [0.25, 0.3) is 0 Å². The maximum absolute atomic E-state index is 11.6. The van der Waals surface area contributed by atoms with E-state index in [1.807, 2.05) is 0 Å². The number of aliphatic hydroxyl groups excluding tert-OH is 1. The highest BCUT2D eigenvalue weighted by Gasteiger charge is 2.06. The van der Waals surface area contributed by atoms with Gasteiger partial charge in [-0.3, -0.25) is 4.79 Å². The zero-order valence-corrected chi connectivity index (χ0v) is 9.74. The number of furan rings is 1. The fraction of sp³-hybridized carbons (Fsp3) is 0.364. The topological polar surface area (TPSA) is 93.2 Å². The SMILES string of the molecule is O=C(Cn1cc(CCO)nn1)NCc1ccco1. The minimum atomic E-state index is -0.174. The molecule has 0 bridgehead atoms. The molecule has 0 radical (unpaired) electrons. The van der Waals surface area contributed by atoms with E-state index in [1.54, 1.807) is 24.6 Å². The van der Waals surface area contributed by atoms with Crippen LogP contribution in [0.4, 0.5) is 0 Å². The minimum Gasteiger partial charge on any atom is -0.467 e. The second kappa shape index (κ2) is 5.97. The van der Waals surface area contributed by atoms with Crippen molar-refractivity contribution in [2.75, 3.05) is 6.61 Å². The number of aliphatic hydroxyl groups is 1. The molecule has 0 unspecified atom stereocenters. The molecule has 0 aliphatic heterocycles. The van der Waals surface area contributed by atoms with Gasteiger partial charge in [-0.25, -0.2) is 4.68 Å². The average Bonchev–Trinajstić information content (AvgIpc) is 2.99. The molecule has 18 heavy (non-hydrogen) atoms. The maximum atomic E-state index is 11.6. The van der Waals surface area contributed by atoms with Crippen LogP contribution in [0.2, 0.25) is 0 Å².